The van der Waals surface area contributed by atoms with Gasteiger partial charge in [0.1, 0.15) is 0 Å². The summed E-state index contributed by atoms with van der Waals surface area (Å²) in [7, 11) is 1.99. The van der Waals surface area contributed by atoms with Crippen molar-refractivity contribution >= 4 is 52.4 Å². The number of halogens is 2. The molecule has 1 aromatic heterocycles. The molecular formula is C20H23Cl2N3O. The van der Waals surface area contributed by atoms with Crippen molar-refractivity contribution < 1.29 is 4.79 Å². The van der Waals surface area contributed by atoms with Crippen LogP contribution in [0.3, 0.4) is 0 Å². The summed E-state index contributed by atoms with van der Waals surface area (Å²) in [6.07, 6.45) is 3.77. The largest absolute Gasteiger partial charge is 0.338 e. The molecule has 1 aliphatic heterocycles. The zero-order chi connectivity index (χ0) is 16.5. The summed E-state index contributed by atoms with van der Waals surface area (Å²) < 4.78 is 0. The molecule has 0 atom stereocenters. The number of carbonyl (C=O) groups is 1. The van der Waals surface area contributed by atoms with Gasteiger partial charge in [0.05, 0.1) is 11.1 Å². The molecule has 26 heavy (non-hydrogen) atoms. The smallest absolute Gasteiger partial charge is 0.256 e. The van der Waals surface area contributed by atoms with Gasteiger partial charge in [-0.3, -0.25) is 9.78 Å². The number of likely N-dealkylation sites (tertiary alicyclic amines) is 1. The SMILES string of the molecule is CNC1CCN(C(=O)c2cc3ccccc3c3cccnc23)CC1.Cl.Cl. The number of carbonyl (C=O) groups excluding carboxylic acids is 1. The molecule has 138 valence electrons. The highest BCUT2D eigenvalue weighted by molar-refractivity contribution is 6.15. The maximum atomic E-state index is 13.1. The average Bonchev–Trinajstić information content (AvgIpc) is 2.67. The van der Waals surface area contributed by atoms with E-state index in [1.165, 1.54) is 0 Å². The van der Waals surface area contributed by atoms with Gasteiger partial charge < -0.3 is 10.2 Å². The summed E-state index contributed by atoms with van der Waals surface area (Å²) >= 11 is 0. The van der Waals surface area contributed by atoms with E-state index in [4.69, 9.17) is 0 Å². The molecule has 6 heteroatoms. The van der Waals surface area contributed by atoms with Gasteiger partial charge in [-0.05, 0) is 42.8 Å². The third-order valence-electron chi connectivity index (χ3n) is 5.03. The van der Waals surface area contributed by atoms with Crippen LogP contribution in [0.5, 0.6) is 0 Å². The van der Waals surface area contributed by atoms with Gasteiger partial charge in [-0.1, -0.05) is 30.3 Å². The molecule has 0 saturated carbocycles. The van der Waals surface area contributed by atoms with Crippen molar-refractivity contribution in [1.29, 1.82) is 0 Å². The molecular weight excluding hydrogens is 369 g/mol. The fourth-order valence-corrected chi connectivity index (χ4v) is 3.63. The zero-order valence-electron chi connectivity index (χ0n) is 14.6. The van der Waals surface area contributed by atoms with E-state index in [1.807, 2.05) is 36.2 Å². The van der Waals surface area contributed by atoms with Crippen LogP contribution >= 0.6 is 24.8 Å². The van der Waals surface area contributed by atoms with Gasteiger partial charge >= 0.3 is 0 Å². The normalized spacial score (nSPS) is 14.7. The highest BCUT2D eigenvalue weighted by Gasteiger charge is 2.24. The fraction of sp³-hybridized carbons (Fsp3) is 0.300. The van der Waals surface area contributed by atoms with E-state index in [-0.39, 0.29) is 30.7 Å². The lowest BCUT2D eigenvalue weighted by Crippen LogP contribution is -2.44. The van der Waals surface area contributed by atoms with Crippen molar-refractivity contribution in [3.63, 3.8) is 0 Å². The number of benzene rings is 2. The molecule has 3 aromatic rings. The molecule has 1 amide bonds. The first-order chi connectivity index (χ1) is 11.8. The quantitative estimate of drug-likeness (QED) is 0.670. The lowest BCUT2D eigenvalue weighted by Gasteiger charge is -2.32. The molecule has 1 fully saturated rings. The molecule has 4 nitrogen and oxygen atoms in total. The highest BCUT2D eigenvalue weighted by Crippen LogP contribution is 2.28. The minimum atomic E-state index is 0. The highest BCUT2D eigenvalue weighted by atomic mass is 35.5. The molecule has 0 spiro atoms. The topological polar surface area (TPSA) is 45.2 Å². The monoisotopic (exact) mass is 391 g/mol. The molecule has 1 aliphatic rings. The van der Waals surface area contributed by atoms with E-state index in [9.17, 15) is 4.79 Å². The average molecular weight is 392 g/mol. The van der Waals surface area contributed by atoms with E-state index in [2.05, 4.69) is 28.5 Å². The van der Waals surface area contributed by atoms with Crippen molar-refractivity contribution in [2.75, 3.05) is 20.1 Å². The number of hydrogen-bond acceptors (Lipinski definition) is 3. The maximum Gasteiger partial charge on any atom is 0.256 e. The van der Waals surface area contributed by atoms with Crippen LogP contribution in [0.15, 0.2) is 48.7 Å². The number of rotatable bonds is 2. The Kier molecular flexibility index (Phi) is 6.81. The molecule has 1 N–H and O–H groups in total. The van der Waals surface area contributed by atoms with Gasteiger partial charge in [-0.15, -0.1) is 24.8 Å². The second-order valence-corrected chi connectivity index (χ2v) is 6.40. The Morgan fingerprint density at radius 2 is 1.77 bits per heavy atom. The molecule has 1 saturated heterocycles. The summed E-state index contributed by atoms with van der Waals surface area (Å²) in [6, 6.07) is 14.7. The summed E-state index contributed by atoms with van der Waals surface area (Å²) in [6.45, 7) is 1.59. The van der Waals surface area contributed by atoms with Crippen LogP contribution in [0.2, 0.25) is 0 Å². The Morgan fingerprint density at radius 1 is 1.08 bits per heavy atom. The number of aromatic nitrogens is 1. The Labute approximate surface area is 165 Å². The number of nitrogens with zero attached hydrogens (tertiary/aromatic N) is 2. The summed E-state index contributed by atoms with van der Waals surface area (Å²) in [5.41, 5.74) is 1.52. The Hall–Kier alpha value is -1.88. The van der Waals surface area contributed by atoms with Gasteiger partial charge in [-0.25, -0.2) is 0 Å². The van der Waals surface area contributed by atoms with Crippen LogP contribution in [0, 0.1) is 0 Å². The Morgan fingerprint density at radius 3 is 2.50 bits per heavy atom. The summed E-state index contributed by atoms with van der Waals surface area (Å²) in [5, 5.41) is 6.59. The Bertz CT molecular complexity index is 908. The number of hydrogen-bond donors (Lipinski definition) is 1. The van der Waals surface area contributed by atoms with Crippen LogP contribution in [-0.4, -0.2) is 42.0 Å². The number of pyridine rings is 1. The van der Waals surface area contributed by atoms with Crippen molar-refractivity contribution in [1.82, 2.24) is 15.2 Å². The molecule has 0 radical (unpaired) electrons. The van der Waals surface area contributed by atoms with E-state index < -0.39 is 0 Å². The minimum Gasteiger partial charge on any atom is -0.338 e. The first-order valence-electron chi connectivity index (χ1n) is 8.51. The van der Waals surface area contributed by atoms with Gasteiger partial charge in [-0.2, -0.15) is 0 Å². The first kappa shape index (κ1) is 20.4. The fourth-order valence-electron chi connectivity index (χ4n) is 3.63. The molecule has 0 aliphatic carbocycles. The molecule has 2 aromatic carbocycles. The number of fused-ring (bicyclic) bond motifs is 3. The van der Waals surface area contributed by atoms with Crippen LogP contribution in [0.4, 0.5) is 0 Å². The van der Waals surface area contributed by atoms with Crippen molar-refractivity contribution in [3.05, 3.63) is 54.2 Å². The second kappa shape index (κ2) is 8.67. The number of nitrogens with one attached hydrogen (secondary N) is 1. The van der Waals surface area contributed by atoms with Gasteiger partial charge in [0.25, 0.3) is 5.91 Å². The van der Waals surface area contributed by atoms with E-state index in [1.54, 1.807) is 6.20 Å². The molecule has 2 heterocycles. The molecule has 0 bridgehead atoms. The van der Waals surface area contributed by atoms with Crippen molar-refractivity contribution in [2.24, 2.45) is 0 Å². The van der Waals surface area contributed by atoms with E-state index in [0.29, 0.717) is 11.6 Å². The second-order valence-electron chi connectivity index (χ2n) is 6.40. The zero-order valence-corrected chi connectivity index (χ0v) is 16.3. The number of piperidine rings is 1. The minimum absolute atomic E-state index is 0. The Balaban J connectivity index is 0.00000121. The predicted molar refractivity (Wildman–Crippen MR) is 112 cm³/mol. The molecule has 0 unspecified atom stereocenters. The van der Waals surface area contributed by atoms with Gasteiger partial charge in [0.15, 0.2) is 0 Å². The predicted octanol–water partition coefficient (Wildman–Crippen LogP) is 4.06. The molecule has 4 rings (SSSR count). The summed E-state index contributed by atoms with van der Waals surface area (Å²) in [5.74, 6) is 0.0963. The van der Waals surface area contributed by atoms with Gasteiger partial charge in [0.2, 0.25) is 0 Å². The number of amides is 1. The summed E-state index contributed by atoms with van der Waals surface area (Å²) in [4.78, 5) is 19.6. The third kappa shape index (κ3) is 3.63. The van der Waals surface area contributed by atoms with Crippen LogP contribution in [0.1, 0.15) is 23.2 Å². The van der Waals surface area contributed by atoms with E-state index in [0.717, 1.165) is 47.6 Å². The maximum absolute atomic E-state index is 13.1. The van der Waals surface area contributed by atoms with Crippen LogP contribution in [0.25, 0.3) is 21.7 Å². The third-order valence-corrected chi connectivity index (χ3v) is 5.03. The van der Waals surface area contributed by atoms with Gasteiger partial charge in [0, 0.05) is 30.7 Å². The standard InChI is InChI=1S/C20H21N3O.2ClH/c1-21-15-8-11-23(12-9-15)20(24)18-13-14-5-2-3-6-16(14)17-7-4-10-22-19(17)18;;/h2-7,10,13,15,21H,8-9,11-12H2,1H3;2*1H. The lowest BCUT2D eigenvalue weighted by atomic mass is 9.98. The van der Waals surface area contributed by atoms with Crippen LogP contribution in [-0.2, 0) is 0 Å². The lowest BCUT2D eigenvalue weighted by molar-refractivity contribution is 0.0709. The van der Waals surface area contributed by atoms with Crippen LogP contribution < -0.4 is 5.32 Å². The van der Waals surface area contributed by atoms with Crippen molar-refractivity contribution in [2.45, 2.75) is 18.9 Å². The van der Waals surface area contributed by atoms with E-state index >= 15 is 0 Å². The first-order valence-corrected chi connectivity index (χ1v) is 8.51. The van der Waals surface area contributed by atoms with Crippen molar-refractivity contribution in [3.8, 4) is 0 Å².